The molecule has 1 N–H and O–H groups in total. The van der Waals surface area contributed by atoms with E-state index in [-0.39, 0.29) is 18.3 Å². The first-order valence-electron chi connectivity index (χ1n) is 10.9. The molecule has 0 bridgehead atoms. The third kappa shape index (κ3) is 4.43. The van der Waals surface area contributed by atoms with Gasteiger partial charge in [0.25, 0.3) is 0 Å². The van der Waals surface area contributed by atoms with Crippen LogP contribution in [0.5, 0.6) is 0 Å². The van der Waals surface area contributed by atoms with Gasteiger partial charge in [0.2, 0.25) is 11.7 Å². The Morgan fingerprint density at radius 2 is 1.85 bits per heavy atom. The van der Waals surface area contributed by atoms with Crippen LogP contribution in [0, 0.1) is 5.92 Å². The monoisotopic (exact) mass is 466 g/mol. The Morgan fingerprint density at radius 3 is 2.62 bits per heavy atom. The number of amides is 1. The molecule has 0 aliphatic carbocycles. The highest BCUT2D eigenvalue weighted by Gasteiger charge is 2.37. The van der Waals surface area contributed by atoms with Crippen molar-refractivity contribution >= 4 is 23.2 Å². The van der Waals surface area contributed by atoms with Crippen LogP contribution in [0.25, 0.3) is 17.0 Å². The first-order valence-corrected chi connectivity index (χ1v) is 10.9. The van der Waals surface area contributed by atoms with Crippen molar-refractivity contribution in [2.75, 3.05) is 23.3 Å². The number of benzene rings is 1. The normalized spacial score (nSPS) is 16.6. The number of alkyl halides is 3. The molecule has 1 aliphatic rings. The molecule has 4 heterocycles. The number of fused-ring (bicyclic) bond motifs is 1. The molecular formula is C24H21F3N6O. The van der Waals surface area contributed by atoms with Crippen molar-refractivity contribution < 1.29 is 18.0 Å². The van der Waals surface area contributed by atoms with Gasteiger partial charge < -0.3 is 10.2 Å². The number of nitrogens with one attached hydrogen (secondary N) is 1. The topological polar surface area (TPSA) is 75.4 Å². The third-order valence-electron chi connectivity index (χ3n) is 5.87. The van der Waals surface area contributed by atoms with Crippen LogP contribution in [0.15, 0.2) is 67.3 Å². The standard InChI is InChI=1S/C24H21F3N6O/c25-24(26,27)19-5-1-10-28-21(19)32-12-2-4-17(14-32)22(34)30-18-8-6-16(7-9-18)20-15-33-13-3-11-29-23(33)31-20/h1,3,5-11,13,15,17H,2,4,12,14H2,(H,30,34). The zero-order chi connectivity index (χ0) is 23.7. The second kappa shape index (κ2) is 8.77. The molecule has 1 atom stereocenters. The average molecular weight is 466 g/mol. The summed E-state index contributed by atoms with van der Waals surface area (Å²) in [5.41, 5.74) is 1.47. The van der Waals surface area contributed by atoms with E-state index >= 15 is 0 Å². The van der Waals surface area contributed by atoms with Crippen molar-refractivity contribution in [3.63, 3.8) is 0 Å². The molecule has 0 radical (unpaired) electrons. The number of halogens is 3. The number of carbonyl (C=O) groups is 1. The highest BCUT2D eigenvalue weighted by atomic mass is 19.4. The summed E-state index contributed by atoms with van der Waals surface area (Å²) >= 11 is 0. The number of hydrogen-bond acceptors (Lipinski definition) is 5. The van der Waals surface area contributed by atoms with E-state index in [9.17, 15) is 18.0 Å². The SMILES string of the molecule is O=C(Nc1ccc(-c2cn3cccnc3n2)cc1)C1CCCN(c2ncccc2C(F)(F)F)C1. The van der Waals surface area contributed by atoms with Gasteiger partial charge in [-0.3, -0.25) is 9.20 Å². The highest BCUT2D eigenvalue weighted by Crippen LogP contribution is 2.36. The molecule has 5 rings (SSSR count). The van der Waals surface area contributed by atoms with Gasteiger partial charge in [-0.2, -0.15) is 13.2 Å². The van der Waals surface area contributed by atoms with E-state index < -0.39 is 17.7 Å². The molecule has 10 heteroatoms. The zero-order valence-corrected chi connectivity index (χ0v) is 18.0. The minimum Gasteiger partial charge on any atom is -0.355 e. The molecule has 1 saturated heterocycles. The number of anilines is 2. The van der Waals surface area contributed by atoms with Gasteiger partial charge >= 0.3 is 6.18 Å². The van der Waals surface area contributed by atoms with Gasteiger partial charge in [0.05, 0.1) is 17.2 Å². The summed E-state index contributed by atoms with van der Waals surface area (Å²) in [5, 5.41) is 2.89. The molecule has 1 unspecified atom stereocenters. The number of nitrogens with zero attached hydrogens (tertiary/aromatic N) is 5. The molecule has 1 aliphatic heterocycles. The van der Waals surface area contributed by atoms with Crippen LogP contribution >= 0.6 is 0 Å². The van der Waals surface area contributed by atoms with E-state index in [4.69, 9.17) is 0 Å². The van der Waals surface area contributed by atoms with Gasteiger partial charge in [0.1, 0.15) is 5.82 Å². The Bertz CT molecular complexity index is 1290. The lowest BCUT2D eigenvalue weighted by molar-refractivity contribution is -0.137. The summed E-state index contributed by atoms with van der Waals surface area (Å²) in [5.74, 6) is -0.197. The molecule has 1 fully saturated rings. The number of piperidine rings is 1. The molecule has 0 spiro atoms. The van der Waals surface area contributed by atoms with Crippen LogP contribution in [0.4, 0.5) is 24.7 Å². The largest absolute Gasteiger partial charge is 0.419 e. The summed E-state index contributed by atoms with van der Waals surface area (Å²) in [6.07, 6.45) is 3.46. The Labute approximate surface area is 193 Å². The Morgan fingerprint density at radius 1 is 1.06 bits per heavy atom. The molecule has 1 amide bonds. The van der Waals surface area contributed by atoms with Crippen LogP contribution in [0.3, 0.4) is 0 Å². The Balaban J connectivity index is 1.27. The summed E-state index contributed by atoms with van der Waals surface area (Å²) < 4.78 is 42.0. The lowest BCUT2D eigenvalue weighted by atomic mass is 9.96. The maximum atomic E-state index is 13.4. The maximum Gasteiger partial charge on any atom is 0.419 e. The molecule has 1 aromatic carbocycles. The number of hydrogen-bond donors (Lipinski definition) is 1. The molecule has 0 saturated carbocycles. The van der Waals surface area contributed by atoms with Crippen LogP contribution in [0.1, 0.15) is 18.4 Å². The summed E-state index contributed by atoms with van der Waals surface area (Å²) in [6.45, 7) is 0.602. The van der Waals surface area contributed by atoms with E-state index in [1.807, 2.05) is 35.0 Å². The van der Waals surface area contributed by atoms with Crippen molar-refractivity contribution in [2.45, 2.75) is 19.0 Å². The zero-order valence-electron chi connectivity index (χ0n) is 18.0. The fourth-order valence-corrected chi connectivity index (χ4v) is 4.19. The minimum absolute atomic E-state index is 0.126. The Hall–Kier alpha value is -3.95. The van der Waals surface area contributed by atoms with E-state index in [2.05, 4.69) is 20.3 Å². The molecule has 7 nitrogen and oxygen atoms in total. The van der Waals surface area contributed by atoms with Gasteiger partial charge in [0.15, 0.2) is 0 Å². The van der Waals surface area contributed by atoms with Crippen molar-refractivity contribution in [1.29, 1.82) is 0 Å². The number of imidazole rings is 1. The lowest BCUT2D eigenvalue weighted by Crippen LogP contribution is -2.42. The van der Waals surface area contributed by atoms with Crippen LogP contribution < -0.4 is 10.2 Å². The first-order chi connectivity index (χ1) is 16.4. The Kier molecular flexibility index (Phi) is 5.64. The summed E-state index contributed by atoms with van der Waals surface area (Å²) in [4.78, 5) is 27.1. The van der Waals surface area contributed by atoms with Crippen LogP contribution in [-0.4, -0.2) is 38.3 Å². The number of pyridine rings is 1. The molecule has 174 valence electrons. The highest BCUT2D eigenvalue weighted by molar-refractivity contribution is 5.93. The third-order valence-corrected chi connectivity index (χ3v) is 5.87. The van der Waals surface area contributed by atoms with Crippen LogP contribution in [0.2, 0.25) is 0 Å². The second-order valence-electron chi connectivity index (χ2n) is 8.18. The van der Waals surface area contributed by atoms with E-state index in [0.717, 1.165) is 17.3 Å². The summed E-state index contributed by atoms with van der Waals surface area (Å²) in [6, 6.07) is 11.4. The number of carbonyl (C=O) groups excluding carboxylic acids is 1. The lowest BCUT2D eigenvalue weighted by Gasteiger charge is -2.34. The van der Waals surface area contributed by atoms with Gasteiger partial charge in [-0.25, -0.2) is 15.0 Å². The fourth-order valence-electron chi connectivity index (χ4n) is 4.19. The van der Waals surface area contributed by atoms with Gasteiger partial charge in [-0.1, -0.05) is 12.1 Å². The average Bonchev–Trinajstić information content (AvgIpc) is 3.28. The van der Waals surface area contributed by atoms with Crippen molar-refractivity contribution in [2.24, 2.45) is 5.92 Å². The maximum absolute atomic E-state index is 13.4. The fraction of sp³-hybridized carbons (Fsp3) is 0.250. The quantitative estimate of drug-likeness (QED) is 0.473. The molecular weight excluding hydrogens is 445 g/mol. The number of rotatable bonds is 4. The molecule has 4 aromatic rings. The van der Waals surface area contributed by atoms with E-state index in [0.29, 0.717) is 30.9 Å². The van der Waals surface area contributed by atoms with Crippen LogP contribution in [-0.2, 0) is 11.0 Å². The first kappa shape index (κ1) is 21.9. The van der Waals surface area contributed by atoms with Gasteiger partial charge in [0, 0.05) is 49.1 Å². The van der Waals surface area contributed by atoms with Gasteiger partial charge in [-0.15, -0.1) is 0 Å². The minimum atomic E-state index is -4.50. The van der Waals surface area contributed by atoms with E-state index in [1.165, 1.54) is 12.3 Å². The smallest absolute Gasteiger partial charge is 0.355 e. The molecule has 3 aromatic heterocycles. The second-order valence-corrected chi connectivity index (χ2v) is 8.18. The van der Waals surface area contributed by atoms with E-state index in [1.54, 1.807) is 23.2 Å². The van der Waals surface area contributed by atoms with Crippen molar-refractivity contribution in [3.05, 3.63) is 72.8 Å². The number of aromatic nitrogens is 4. The summed E-state index contributed by atoms with van der Waals surface area (Å²) in [7, 11) is 0. The van der Waals surface area contributed by atoms with Crippen molar-refractivity contribution in [3.8, 4) is 11.3 Å². The molecule has 34 heavy (non-hydrogen) atoms. The van der Waals surface area contributed by atoms with Gasteiger partial charge in [-0.05, 0) is 43.2 Å². The van der Waals surface area contributed by atoms with Crippen molar-refractivity contribution in [1.82, 2.24) is 19.4 Å². The predicted molar refractivity (Wildman–Crippen MR) is 121 cm³/mol. The predicted octanol–water partition coefficient (Wildman–Crippen LogP) is 4.67.